The third-order valence-corrected chi connectivity index (χ3v) is 5.45. The molecular formula is C26H23ClN2O3. The van der Waals surface area contributed by atoms with E-state index in [1.54, 1.807) is 48.2 Å². The molecule has 0 aromatic heterocycles. The smallest absolute Gasteiger partial charge is 0.268 e. The molecule has 0 bridgehead atoms. The lowest BCUT2D eigenvalue weighted by Gasteiger charge is -2.33. The van der Waals surface area contributed by atoms with Crippen LogP contribution in [-0.4, -0.2) is 17.9 Å². The number of hydrogen-bond donors (Lipinski definition) is 1. The molecule has 1 heterocycles. The molecule has 1 aliphatic heterocycles. The van der Waals surface area contributed by atoms with Gasteiger partial charge in [0.15, 0.2) is 6.10 Å². The average Bonchev–Trinajstić information content (AvgIpc) is 2.78. The van der Waals surface area contributed by atoms with Crippen molar-refractivity contribution in [2.45, 2.75) is 26.5 Å². The summed E-state index contributed by atoms with van der Waals surface area (Å²) in [5.41, 5.74) is 4.26. The molecule has 2 amide bonds. The summed E-state index contributed by atoms with van der Waals surface area (Å²) in [6.45, 7) is 4.19. The number of nitrogens with zero attached hydrogens (tertiary/aromatic N) is 1. The molecule has 4 rings (SSSR count). The monoisotopic (exact) mass is 446 g/mol. The summed E-state index contributed by atoms with van der Waals surface area (Å²) in [4.78, 5) is 27.0. The Hall–Kier alpha value is -3.57. The second-order valence-corrected chi connectivity index (χ2v) is 8.16. The Bertz CT molecular complexity index is 1170. The first kappa shape index (κ1) is 21.7. The van der Waals surface area contributed by atoms with Gasteiger partial charge in [0.25, 0.3) is 5.91 Å². The van der Waals surface area contributed by atoms with E-state index in [2.05, 4.69) is 5.32 Å². The number of benzene rings is 3. The van der Waals surface area contributed by atoms with E-state index in [-0.39, 0.29) is 11.8 Å². The van der Waals surface area contributed by atoms with Gasteiger partial charge in [-0.15, -0.1) is 0 Å². The lowest BCUT2D eigenvalue weighted by Crippen LogP contribution is -2.44. The molecule has 6 heteroatoms. The van der Waals surface area contributed by atoms with Crippen LogP contribution in [0.4, 0.5) is 11.4 Å². The summed E-state index contributed by atoms with van der Waals surface area (Å²) in [6.07, 6.45) is 2.59. The number of carbonyl (C=O) groups excluding carboxylic acids is 2. The molecule has 3 aromatic rings. The molecule has 0 aliphatic carbocycles. The van der Waals surface area contributed by atoms with Crippen LogP contribution >= 0.6 is 11.6 Å². The maximum absolute atomic E-state index is 12.9. The normalized spacial score (nSPS) is 15.4. The van der Waals surface area contributed by atoms with Crippen LogP contribution in [0.15, 0.2) is 72.8 Å². The number of fused-ring (bicyclic) bond motifs is 1. The third-order valence-electron chi connectivity index (χ3n) is 5.19. The van der Waals surface area contributed by atoms with Gasteiger partial charge in [-0.3, -0.25) is 9.59 Å². The first-order chi connectivity index (χ1) is 15.4. The topological polar surface area (TPSA) is 58.6 Å². The van der Waals surface area contributed by atoms with E-state index in [0.717, 1.165) is 16.7 Å². The van der Waals surface area contributed by atoms with Gasteiger partial charge < -0.3 is 15.0 Å². The van der Waals surface area contributed by atoms with Crippen LogP contribution in [0.3, 0.4) is 0 Å². The number of hydrogen-bond acceptors (Lipinski definition) is 3. The molecule has 162 valence electrons. The highest BCUT2D eigenvalue weighted by Crippen LogP contribution is 2.37. The fourth-order valence-corrected chi connectivity index (χ4v) is 3.58. The fraction of sp³-hybridized carbons (Fsp3) is 0.154. The summed E-state index contributed by atoms with van der Waals surface area (Å²) in [5.74, 6) is 0.213. The highest BCUT2D eigenvalue weighted by Gasteiger charge is 2.31. The molecular weight excluding hydrogens is 424 g/mol. The zero-order valence-electron chi connectivity index (χ0n) is 17.8. The maximum Gasteiger partial charge on any atom is 0.268 e. The largest absolute Gasteiger partial charge is 0.479 e. The minimum Gasteiger partial charge on any atom is -0.479 e. The molecule has 0 saturated carbocycles. The molecule has 0 radical (unpaired) electrons. The molecule has 0 fully saturated rings. The second kappa shape index (κ2) is 9.28. The molecule has 0 spiro atoms. The lowest BCUT2D eigenvalue weighted by atomic mass is 10.1. The summed E-state index contributed by atoms with van der Waals surface area (Å²) >= 11 is 5.89. The zero-order valence-corrected chi connectivity index (χ0v) is 18.6. The van der Waals surface area contributed by atoms with Gasteiger partial charge in [0.2, 0.25) is 5.91 Å². The van der Waals surface area contributed by atoms with Gasteiger partial charge in [0, 0.05) is 16.8 Å². The van der Waals surface area contributed by atoms with Crippen LogP contribution in [0.5, 0.6) is 5.75 Å². The molecule has 0 saturated heterocycles. The van der Waals surface area contributed by atoms with E-state index in [0.29, 0.717) is 28.7 Å². The van der Waals surface area contributed by atoms with Gasteiger partial charge in [-0.2, -0.15) is 0 Å². The minimum atomic E-state index is -0.573. The SMILES string of the molecule is Cc1ccc(CN2C(=O)C(C)Oc3ccc(NC(=O)/C=C/c4ccc(Cl)cc4)cc32)cc1. The van der Waals surface area contributed by atoms with Crippen LogP contribution in [0.1, 0.15) is 23.6 Å². The average molecular weight is 447 g/mol. The van der Waals surface area contributed by atoms with E-state index in [4.69, 9.17) is 16.3 Å². The van der Waals surface area contributed by atoms with E-state index < -0.39 is 6.10 Å². The van der Waals surface area contributed by atoms with Crippen LogP contribution in [0.25, 0.3) is 6.08 Å². The number of anilines is 2. The fourth-order valence-electron chi connectivity index (χ4n) is 3.45. The lowest BCUT2D eigenvalue weighted by molar-refractivity contribution is -0.125. The van der Waals surface area contributed by atoms with Crippen molar-refractivity contribution in [3.05, 3.63) is 94.5 Å². The molecule has 1 aliphatic rings. The number of amides is 2. The number of carbonyl (C=O) groups is 2. The van der Waals surface area contributed by atoms with Crippen LogP contribution in [0.2, 0.25) is 5.02 Å². The molecule has 32 heavy (non-hydrogen) atoms. The van der Waals surface area contributed by atoms with Crippen molar-refractivity contribution in [2.75, 3.05) is 10.2 Å². The Balaban J connectivity index is 1.54. The Morgan fingerprint density at radius 3 is 2.53 bits per heavy atom. The van der Waals surface area contributed by atoms with E-state index in [9.17, 15) is 9.59 Å². The number of rotatable bonds is 5. The highest BCUT2D eigenvalue weighted by atomic mass is 35.5. The summed E-state index contributed by atoms with van der Waals surface area (Å²) < 4.78 is 5.78. The van der Waals surface area contributed by atoms with Crippen molar-refractivity contribution in [2.24, 2.45) is 0 Å². The minimum absolute atomic E-state index is 0.121. The van der Waals surface area contributed by atoms with Gasteiger partial charge in [-0.1, -0.05) is 53.6 Å². The zero-order chi connectivity index (χ0) is 22.7. The van der Waals surface area contributed by atoms with Crippen LogP contribution in [0, 0.1) is 6.92 Å². The predicted octanol–water partition coefficient (Wildman–Crippen LogP) is 5.61. The first-order valence-corrected chi connectivity index (χ1v) is 10.7. The first-order valence-electron chi connectivity index (χ1n) is 10.3. The third kappa shape index (κ3) is 5.01. The quantitative estimate of drug-likeness (QED) is 0.518. The van der Waals surface area contributed by atoms with Crippen molar-refractivity contribution >= 4 is 40.9 Å². The maximum atomic E-state index is 12.9. The highest BCUT2D eigenvalue weighted by molar-refractivity contribution is 6.30. The Labute approximate surface area is 192 Å². The number of aryl methyl sites for hydroxylation is 1. The summed E-state index contributed by atoms with van der Waals surface area (Å²) in [6, 6.07) is 20.6. The molecule has 3 aromatic carbocycles. The Morgan fingerprint density at radius 1 is 1.09 bits per heavy atom. The van der Waals surface area contributed by atoms with Crippen LogP contribution < -0.4 is 15.0 Å². The van der Waals surface area contributed by atoms with Crippen molar-refractivity contribution in [1.82, 2.24) is 0 Å². The molecule has 1 atom stereocenters. The predicted molar refractivity (Wildman–Crippen MR) is 128 cm³/mol. The summed E-state index contributed by atoms with van der Waals surface area (Å²) in [7, 11) is 0. The Morgan fingerprint density at radius 2 is 1.81 bits per heavy atom. The van der Waals surface area contributed by atoms with Gasteiger partial charge in [0.1, 0.15) is 5.75 Å². The van der Waals surface area contributed by atoms with Crippen molar-refractivity contribution in [1.29, 1.82) is 0 Å². The molecule has 5 nitrogen and oxygen atoms in total. The van der Waals surface area contributed by atoms with Crippen molar-refractivity contribution in [3.63, 3.8) is 0 Å². The van der Waals surface area contributed by atoms with Gasteiger partial charge in [-0.05, 0) is 61.4 Å². The number of nitrogens with one attached hydrogen (secondary N) is 1. The standard InChI is InChI=1S/C26H23ClN2O3/c1-17-3-5-20(6-4-17)16-29-23-15-22(12-13-24(23)32-18(2)26(29)31)28-25(30)14-9-19-7-10-21(27)11-8-19/h3-15,18H,16H2,1-2H3,(H,28,30)/b14-9+. The summed E-state index contributed by atoms with van der Waals surface area (Å²) in [5, 5.41) is 3.49. The van der Waals surface area contributed by atoms with E-state index >= 15 is 0 Å². The number of halogens is 1. The van der Waals surface area contributed by atoms with E-state index in [1.165, 1.54) is 6.08 Å². The van der Waals surface area contributed by atoms with Gasteiger partial charge in [0.05, 0.1) is 12.2 Å². The van der Waals surface area contributed by atoms with E-state index in [1.807, 2.05) is 43.3 Å². The van der Waals surface area contributed by atoms with Gasteiger partial charge in [-0.25, -0.2) is 0 Å². The second-order valence-electron chi connectivity index (χ2n) is 7.73. The van der Waals surface area contributed by atoms with Gasteiger partial charge >= 0.3 is 0 Å². The van der Waals surface area contributed by atoms with Crippen molar-refractivity contribution < 1.29 is 14.3 Å². The van der Waals surface area contributed by atoms with Crippen molar-refractivity contribution in [3.8, 4) is 5.75 Å². The van der Waals surface area contributed by atoms with Crippen LogP contribution in [-0.2, 0) is 16.1 Å². The Kier molecular flexibility index (Phi) is 6.28. The molecule has 1 N–H and O–H groups in total. The molecule has 1 unspecified atom stereocenters. The number of ether oxygens (including phenoxy) is 1.